The number of ether oxygens (including phenoxy) is 2. The third kappa shape index (κ3) is 8.45. The van der Waals surface area contributed by atoms with Gasteiger partial charge in [-0.15, -0.1) is 0 Å². The number of hydrogen-bond donors (Lipinski definition) is 1. The molecule has 0 aliphatic carbocycles. The third-order valence-corrected chi connectivity index (χ3v) is 9.23. The molecule has 46 heavy (non-hydrogen) atoms. The Balaban J connectivity index is 1.83. The molecule has 0 aliphatic heterocycles. The molecule has 0 bridgehead atoms. The summed E-state index contributed by atoms with van der Waals surface area (Å²) in [5, 5.41) is 2.97. The van der Waals surface area contributed by atoms with Gasteiger partial charge in [0.05, 0.1) is 24.8 Å². The highest BCUT2D eigenvalue weighted by Crippen LogP contribution is 2.34. The number of rotatable bonds is 14. The van der Waals surface area contributed by atoms with Gasteiger partial charge in [-0.05, 0) is 56.2 Å². The number of amides is 2. The molecular weight excluding hydrogens is 602 g/mol. The van der Waals surface area contributed by atoms with Crippen molar-refractivity contribution >= 4 is 27.5 Å². The zero-order chi connectivity index (χ0) is 33.3. The second-order valence-corrected chi connectivity index (χ2v) is 13.1. The number of methoxy groups -OCH3 is 2. The average Bonchev–Trinajstić information content (AvgIpc) is 3.06. The van der Waals surface area contributed by atoms with Crippen molar-refractivity contribution in [3.8, 4) is 11.5 Å². The number of carbonyl (C=O) groups is 2. The van der Waals surface area contributed by atoms with Crippen LogP contribution in [-0.2, 0) is 32.6 Å². The van der Waals surface area contributed by atoms with E-state index < -0.39 is 28.5 Å². The molecule has 0 aromatic heterocycles. The first kappa shape index (κ1) is 34.1. The molecule has 0 spiro atoms. The molecule has 0 fully saturated rings. The van der Waals surface area contributed by atoms with E-state index in [-0.39, 0.29) is 35.5 Å². The maximum absolute atomic E-state index is 14.6. The summed E-state index contributed by atoms with van der Waals surface area (Å²) < 4.78 is 40.3. The summed E-state index contributed by atoms with van der Waals surface area (Å²) in [6.45, 7) is 5.20. The Morgan fingerprint density at radius 2 is 1.39 bits per heavy atom. The third-order valence-electron chi connectivity index (χ3n) is 7.44. The number of carbonyl (C=O) groups excluding carboxylic acids is 2. The Kier molecular flexibility index (Phi) is 11.4. The highest BCUT2D eigenvalue weighted by atomic mass is 32.2. The van der Waals surface area contributed by atoms with Gasteiger partial charge >= 0.3 is 0 Å². The van der Waals surface area contributed by atoms with Gasteiger partial charge in [0, 0.05) is 25.1 Å². The minimum atomic E-state index is -4.24. The second-order valence-electron chi connectivity index (χ2n) is 11.2. The molecule has 0 radical (unpaired) electrons. The summed E-state index contributed by atoms with van der Waals surface area (Å²) in [7, 11) is -1.30. The van der Waals surface area contributed by atoms with Crippen LogP contribution in [0.4, 0.5) is 5.69 Å². The summed E-state index contributed by atoms with van der Waals surface area (Å²) in [6.07, 6.45) is 0.235. The maximum Gasteiger partial charge on any atom is 0.264 e. The number of anilines is 1. The van der Waals surface area contributed by atoms with Crippen molar-refractivity contribution in [1.29, 1.82) is 0 Å². The quantitative estimate of drug-likeness (QED) is 0.198. The summed E-state index contributed by atoms with van der Waals surface area (Å²) in [5.74, 6) is -0.169. The van der Waals surface area contributed by atoms with Gasteiger partial charge in [0.2, 0.25) is 11.8 Å². The molecule has 0 saturated carbocycles. The van der Waals surface area contributed by atoms with Crippen LogP contribution in [0.3, 0.4) is 0 Å². The van der Waals surface area contributed by atoms with E-state index in [1.807, 2.05) is 75.4 Å². The van der Waals surface area contributed by atoms with E-state index in [1.54, 1.807) is 30.3 Å². The summed E-state index contributed by atoms with van der Waals surface area (Å²) in [4.78, 5) is 29.9. The summed E-state index contributed by atoms with van der Waals surface area (Å²) >= 11 is 0. The lowest BCUT2D eigenvalue weighted by Gasteiger charge is -2.34. The average molecular weight is 644 g/mol. The number of aryl methyl sites for hydroxylation is 1. The zero-order valence-corrected chi connectivity index (χ0v) is 27.7. The van der Waals surface area contributed by atoms with Gasteiger partial charge in [0.15, 0.2) is 11.5 Å². The van der Waals surface area contributed by atoms with Crippen molar-refractivity contribution in [2.24, 2.45) is 0 Å². The van der Waals surface area contributed by atoms with Gasteiger partial charge < -0.3 is 19.7 Å². The lowest BCUT2D eigenvalue weighted by Crippen LogP contribution is -2.54. The number of hydrogen-bond acceptors (Lipinski definition) is 6. The standard InChI is InChI=1S/C36H41N3O6S/c1-26(2)37-36(41)32(22-28-12-8-6-9-13-28)38(24-29-18-16-27(3)17-19-29)35(40)25-39(46(42,43)31-14-10-7-11-15-31)30-20-21-33(44-4)34(23-30)45-5/h6-21,23,26,32H,22,24-25H2,1-5H3,(H,37,41)/t32-/m1/s1. The minimum Gasteiger partial charge on any atom is -0.493 e. The monoisotopic (exact) mass is 643 g/mol. The predicted molar refractivity (Wildman–Crippen MR) is 179 cm³/mol. The highest BCUT2D eigenvalue weighted by molar-refractivity contribution is 7.92. The van der Waals surface area contributed by atoms with Crippen molar-refractivity contribution < 1.29 is 27.5 Å². The summed E-state index contributed by atoms with van der Waals surface area (Å²) in [6, 6.07) is 28.6. The van der Waals surface area contributed by atoms with Gasteiger partial charge in [-0.25, -0.2) is 8.42 Å². The van der Waals surface area contributed by atoms with Crippen molar-refractivity contribution in [2.75, 3.05) is 25.1 Å². The fourth-order valence-corrected chi connectivity index (χ4v) is 6.48. The largest absolute Gasteiger partial charge is 0.493 e. The first-order valence-corrected chi connectivity index (χ1v) is 16.5. The van der Waals surface area contributed by atoms with E-state index >= 15 is 0 Å². The Morgan fingerprint density at radius 1 is 0.783 bits per heavy atom. The predicted octanol–water partition coefficient (Wildman–Crippen LogP) is 5.37. The van der Waals surface area contributed by atoms with Gasteiger partial charge in [0.25, 0.3) is 10.0 Å². The molecule has 0 aliphatic rings. The topological polar surface area (TPSA) is 105 Å². The number of nitrogens with one attached hydrogen (secondary N) is 1. The molecule has 1 atom stereocenters. The number of benzene rings is 4. The van der Waals surface area contributed by atoms with Crippen molar-refractivity contribution in [3.05, 3.63) is 120 Å². The van der Waals surface area contributed by atoms with Crippen LogP contribution in [0.2, 0.25) is 0 Å². The van der Waals surface area contributed by atoms with Crippen LogP contribution in [0.15, 0.2) is 108 Å². The lowest BCUT2D eigenvalue weighted by molar-refractivity contribution is -0.140. The fourth-order valence-electron chi connectivity index (χ4n) is 5.05. The van der Waals surface area contributed by atoms with Crippen LogP contribution in [0.25, 0.3) is 0 Å². The Bertz CT molecular complexity index is 1710. The van der Waals surface area contributed by atoms with Gasteiger partial charge in [-0.3, -0.25) is 13.9 Å². The van der Waals surface area contributed by atoms with Crippen LogP contribution in [0, 0.1) is 6.92 Å². The molecule has 1 N–H and O–H groups in total. The van der Waals surface area contributed by atoms with E-state index in [2.05, 4.69) is 5.32 Å². The van der Waals surface area contributed by atoms with Crippen LogP contribution >= 0.6 is 0 Å². The van der Waals surface area contributed by atoms with Crippen LogP contribution in [0.1, 0.15) is 30.5 Å². The number of sulfonamides is 1. The van der Waals surface area contributed by atoms with Crippen LogP contribution < -0.4 is 19.1 Å². The number of nitrogens with zero attached hydrogens (tertiary/aromatic N) is 2. The molecule has 2 amide bonds. The molecule has 0 unspecified atom stereocenters. The van der Waals surface area contributed by atoms with Crippen molar-refractivity contribution in [1.82, 2.24) is 10.2 Å². The van der Waals surface area contributed by atoms with E-state index in [1.165, 1.54) is 37.3 Å². The molecule has 10 heteroatoms. The molecule has 4 aromatic rings. The maximum atomic E-state index is 14.6. The van der Waals surface area contributed by atoms with E-state index in [0.29, 0.717) is 11.5 Å². The molecule has 0 heterocycles. The molecule has 0 saturated heterocycles. The lowest BCUT2D eigenvalue weighted by atomic mass is 10.0. The second kappa shape index (κ2) is 15.4. The molecule has 9 nitrogen and oxygen atoms in total. The fraction of sp³-hybridized carbons (Fsp3) is 0.278. The first-order valence-electron chi connectivity index (χ1n) is 15.0. The zero-order valence-electron chi connectivity index (χ0n) is 26.8. The molecule has 4 rings (SSSR count). The van der Waals surface area contributed by atoms with Gasteiger partial charge in [0.1, 0.15) is 12.6 Å². The van der Waals surface area contributed by atoms with Crippen molar-refractivity contribution in [2.45, 2.75) is 50.7 Å². The smallest absolute Gasteiger partial charge is 0.264 e. The SMILES string of the molecule is COc1ccc(N(CC(=O)N(Cc2ccc(C)cc2)[C@H](Cc2ccccc2)C(=O)NC(C)C)S(=O)(=O)c2ccccc2)cc1OC. The van der Waals surface area contributed by atoms with Crippen molar-refractivity contribution in [3.63, 3.8) is 0 Å². The Morgan fingerprint density at radius 3 is 1.98 bits per heavy atom. The van der Waals surface area contributed by atoms with Gasteiger partial charge in [-0.2, -0.15) is 0 Å². The Hall–Kier alpha value is -4.83. The highest BCUT2D eigenvalue weighted by Gasteiger charge is 2.35. The van der Waals surface area contributed by atoms with E-state index in [0.717, 1.165) is 21.0 Å². The van der Waals surface area contributed by atoms with E-state index in [4.69, 9.17) is 9.47 Å². The molecular formula is C36H41N3O6S. The first-order chi connectivity index (χ1) is 22.0. The molecule has 242 valence electrons. The van der Waals surface area contributed by atoms with Crippen LogP contribution in [-0.4, -0.2) is 58.0 Å². The normalized spacial score (nSPS) is 11.9. The Labute approximate surface area is 271 Å². The minimum absolute atomic E-state index is 0.0149. The summed E-state index contributed by atoms with van der Waals surface area (Å²) in [5.41, 5.74) is 2.92. The molecule has 4 aromatic carbocycles. The van der Waals surface area contributed by atoms with Gasteiger partial charge in [-0.1, -0.05) is 78.4 Å². The van der Waals surface area contributed by atoms with Crippen LogP contribution in [0.5, 0.6) is 11.5 Å². The van der Waals surface area contributed by atoms with E-state index in [9.17, 15) is 18.0 Å².